The first kappa shape index (κ1) is 17.3. The van der Waals surface area contributed by atoms with Gasteiger partial charge in [0.15, 0.2) is 5.78 Å². The number of ketones is 1. The van der Waals surface area contributed by atoms with Gasteiger partial charge in [-0.1, -0.05) is 5.57 Å². The molecule has 5 rings (SSSR count). The Hall–Kier alpha value is -1.84. The molecule has 3 heterocycles. The van der Waals surface area contributed by atoms with E-state index in [0.717, 1.165) is 29.9 Å². The molecule has 0 unspecified atom stereocenters. The van der Waals surface area contributed by atoms with E-state index in [-0.39, 0.29) is 5.78 Å². The number of hydrogen-bond donors (Lipinski definition) is 1. The van der Waals surface area contributed by atoms with Gasteiger partial charge in [-0.3, -0.25) is 4.79 Å². The van der Waals surface area contributed by atoms with Crippen LogP contribution in [-0.2, 0) is 6.42 Å². The maximum Gasteiger partial charge on any atom is 0.193 e. The number of Topliss-reactive ketones (excluding diaryl/α,β-unsaturated/α-hetero) is 1. The second-order valence-electron chi connectivity index (χ2n) is 7.00. The van der Waals surface area contributed by atoms with Crippen LogP contribution in [-0.4, -0.2) is 33.6 Å². The van der Waals surface area contributed by atoms with Gasteiger partial charge in [-0.2, -0.15) is 5.10 Å². The van der Waals surface area contributed by atoms with Crippen molar-refractivity contribution in [1.82, 2.24) is 20.1 Å². The molecule has 1 N–H and O–H groups in total. The van der Waals surface area contributed by atoms with Crippen molar-refractivity contribution in [3.63, 3.8) is 0 Å². The van der Waals surface area contributed by atoms with Crippen LogP contribution in [0.2, 0.25) is 0 Å². The van der Waals surface area contributed by atoms with Crippen molar-refractivity contribution in [3.05, 3.63) is 67.4 Å². The van der Waals surface area contributed by atoms with E-state index in [9.17, 15) is 4.79 Å². The lowest BCUT2D eigenvalue weighted by atomic mass is 9.65. The van der Waals surface area contributed by atoms with Gasteiger partial charge in [-0.15, -0.1) is 11.3 Å². The first-order chi connectivity index (χ1) is 13.2. The van der Waals surface area contributed by atoms with Crippen molar-refractivity contribution < 1.29 is 4.79 Å². The number of rotatable bonds is 3. The van der Waals surface area contributed by atoms with E-state index in [4.69, 9.17) is 0 Å². The van der Waals surface area contributed by atoms with Crippen LogP contribution in [0.3, 0.4) is 0 Å². The standard InChI is InChI=1S/C20H17IN4OS/c21-15-1-3-16(4-2-15)25-18-7-14-5-6-22-11-20(14,8-13(18)9-24-25)19(26)17-10-27-12-23-17/h1-4,7,9-10,12,22H,5-6,8,11H2/t20-/m0/s1. The molecule has 1 saturated heterocycles. The number of thiazole rings is 1. The maximum absolute atomic E-state index is 13.4. The largest absolute Gasteiger partial charge is 0.315 e. The average molecular weight is 488 g/mol. The summed E-state index contributed by atoms with van der Waals surface area (Å²) in [4.78, 5) is 17.7. The Bertz CT molecular complexity index is 1040. The molecule has 1 atom stereocenters. The molecule has 0 amide bonds. The Morgan fingerprint density at radius 2 is 2.15 bits per heavy atom. The highest BCUT2D eigenvalue weighted by Gasteiger charge is 2.47. The molecular weight excluding hydrogens is 471 g/mol. The Morgan fingerprint density at radius 3 is 2.93 bits per heavy atom. The number of carbonyl (C=O) groups is 1. The monoisotopic (exact) mass is 488 g/mol. The minimum Gasteiger partial charge on any atom is -0.315 e. The second-order valence-corrected chi connectivity index (χ2v) is 8.97. The van der Waals surface area contributed by atoms with Crippen molar-refractivity contribution in [2.75, 3.05) is 13.1 Å². The van der Waals surface area contributed by atoms with Crippen molar-refractivity contribution in [2.24, 2.45) is 5.41 Å². The Labute approximate surface area is 174 Å². The summed E-state index contributed by atoms with van der Waals surface area (Å²) in [6.07, 6.45) is 5.63. The molecule has 27 heavy (non-hydrogen) atoms. The second kappa shape index (κ2) is 6.65. The molecule has 7 heteroatoms. The van der Waals surface area contributed by atoms with Crippen LogP contribution in [0.5, 0.6) is 0 Å². The quantitative estimate of drug-likeness (QED) is 0.451. The van der Waals surface area contributed by atoms with Crippen molar-refractivity contribution in [2.45, 2.75) is 12.8 Å². The highest BCUT2D eigenvalue weighted by molar-refractivity contribution is 14.1. The smallest absolute Gasteiger partial charge is 0.193 e. The fourth-order valence-corrected chi connectivity index (χ4v) is 4.99. The molecule has 3 aromatic rings. The molecule has 1 aliphatic carbocycles. The van der Waals surface area contributed by atoms with Crippen molar-refractivity contribution >= 4 is 45.8 Å². The van der Waals surface area contributed by atoms with Crippen LogP contribution < -0.4 is 5.32 Å². The van der Waals surface area contributed by atoms with Gasteiger partial charge in [0.2, 0.25) is 0 Å². The zero-order valence-corrected chi connectivity index (χ0v) is 17.5. The Balaban J connectivity index is 1.61. The summed E-state index contributed by atoms with van der Waals surface area (Å²) in [5.41, 5.74) is 6.20. The molecular formula is C20H17IN4OS. The van der Waals surface area contributed by atoms with Gasteiger partial charge in [-0.25, -0.2) is 9.67 Å². The molecule has 0 spiro atoms. The van der Waals surface area contributed by atoms with E-state index in [0.29, 0.717) is 18.7 Å². The van der Waals surface area contributed by atoms with E-state index >= 15 is 0 Å². The van der Waals surface area contributed by atoms with Gasteiger partial charge in [-0.05, 0) is 77.9 Å². The molecule has 0 saturated carbocycles. The molecule has 1 aromatic carbocycles. The van der Waals surface area contributed by atoms with Crippen molar-refractivity contribution in [1.29, 1.82) is 0 Å². The number of hydrogen-bond acceptors (Lipinski definition) is 5. The molecule has 0 bridgehead atoms. The normalized spacial score (nSPS) is 21.3. The summed E-state index contributed by atoms with van der Waals surface area (Å²) >= 11 is 3.77. The van der Waals surface area contributed by atoms with E-state index in [1.807, 2.05) is 16.3 Å². The number of aromatic nitrogens is 3. The fourth-order valence-electron chi connectivity index (χ4n) is 4.10. The maximum atomic E-state index is 13.4. The summed E-state index contributed by atoms with van der Waals surface area (Å²) in [6, 6.07) is 8.33. The molecule has 1 fully saturated rings. The predicted molar refractivity (Wildman–Crippen MR) is 114 cm³/mol. The lowest BCUT2D eigenvalue weighted by molar-refractivity contribution is 0.0813. The van der Waals surface area contributed by atoms with Crippen LogP contribution in [0.1, 0.15) is 28.2 Å². The van der Waals surface area contributed by atoms with Crippen LogP contribution in [0.4, 0.5) is 0 Å². The van der Waals surface area contributed by atoms with Crippen LogP contribution in [0.15, 0.2) is 46.9 Å². The average Bonchev–Trinajstić information content (AvgIpc) is 3.36. The summed E-state index contributed by atoms with van der Waals surface area (Å²) in [5.74, 6) is 0.120. The van der Waals surface area contributed by atoms with Gasteiger partial charge >= 0.3 is 0 Å². The SMILES string of the molecule is O=C(c1cscn1)[C@@]12CNCCC1=Cc1c(cnn1-c1ccc(I)cc1)C2. The molecule has 2 aromatic heterocycles. The molecule has 1 aliphatic heterocycles. The summed E-state index contributed by atoms with van der Waals surface area (Å²) in [6.45, 7) is 1.55. The van der Waals surface area contributed by atoms with Gasteiger partial charge in [0.05, 0.1) is 28.5 Å². The highest BCUT2D eigenvalue weighted by Crippen LogP contribution is 2.44. The Kier molecular flexibility index (Phi) is 4.25. The highest BCUT2D eigenvalue weighted by atomic mass is 127. The van der Waals surface area contributed by atoms with Gasteiger partial charge in [0, 0.05) is 15.5 Å². The number of carbonyl (C=O) groups excluding carboxylic acids is 1. The Morgan fingerprint density at radius 1 is 1.30 bits per heavy atom. The molecule has 0 radical (unpaired) electrons. The number of halogens is 1. The fraction of sp³-hybridized carbons (Fsp3) is 0.250. The number of nitrogens with one attached hydrogen (secondary N) is 1. The lowest BCUT2D eigenvalue weighted by Crippen LogP contribution is -2.49. The van der Waals surface area contributed by atoms with Gasteiger partial charge in [0.1, 0.15) is 5.69 Å². The van der Waals surface area contributed by atoms with Crippen LogP contribution in [0, 0.1) is 8.99 Å². The third kappa shape index (κ3) is 2.79. The van der Waals surface area contributed by atoms with Crippen molar-refractivity contribution in [3.8, 4) is 5.69 Å². The van der Waals surface area contributed by atoms with E-state index in [1.54, 1.807) is 5.51 Å². The van der Waals surface area contributed by atoms with E-state index in [2.05, 4.69) is 68.3 Å². The zero-order valence-electron chi connectivity index (χ0n) is 14.5. The topological polar surface area (TPSA) is 59.8 Å². The zero-order chi connectivity index (χ0) is 18.4. The third-order valence-corrected chi connectivity index (χ3v) is 6.78. The van der Waals surface area contributed by atoms with Crippen LogP contribution in [0.25, 0.3) is 11.8 Å². The number of piperidine rings is 1. The van der Waals surface area contributed by atoms with Gasteiger partial charge < -0.3 is 5.32 Å². The van der Waals surface area contributed by atoms with E-state index < -0.39 is 5.41 Å². The predicted octanol–water partition coefficient (Wildman–Crippen LogP) is 3.74. The first-order valence-electron chi connectivity index (χ1n) is 8.85. The number of fused-ring (bicyclic) bond motifs is 2. The number of benzene rings is 1. The molecule has 136 valence electrons. The summed E-state index contributed by atoms with van der Waals surface area (Å²) in [7, 11) is 0. The number of nitrogens with zero attached hydrogens (tertiary/aromatic N) is 3. The lowest BCUT2D eigenvalue weighted by Gasteiger charge is -2.40. The molecule has 5 nitrogen and oxygen atoms in total. The van der Waals surface area contributed by atoms with Crippen LogP contribution >= 0.6 is 33.9 Å². The molecule has 2 aliphatic rings. The summed E-state index contributed by atoms with van der Waals surface area (Å²) < 4.78 is 3.18. The first-order valence-corrected chi connectivity index (χ1v) is 10.9. The minimum absolute atomic E-state index is 0.120. The third-order valence-electron chi connectivity index (χ3n) is 5.47. The minimum atomic E-state index is -0.542. The van der Waals surface area contributed by atoms with Gasteiger partial charge in [0.25, 0.3) is 0 Å². The van der Waals surface area contributed by atoms with E-state index in [1.165, 1.54) is 20.5 Å². The summed E-state index contributed by atoms with van der Waals surface area (Å²) in [5, 5.41) is 9.92.